The summed E-state index contributed by atoms with van der Waals surface area (Å²) in [4.78, 5) is 13.7. The van der Waals surface area contributed by atoms with Crippen LogP contribution in [0.5, 0.6) is 0 Å². The number of allylic oxidation sites excluding steroid dienone is 2. The average Bonchev–Trinajstić information content (AvgIpc) is 2.78. The fraction of sp³-hybridized carbons (Fsp3) is 0.167. The van der Waals surface area contributed by atoms with Crippen LogP contribution in [0.3, 0.4) is 0 Å². The number of nitrogens with zero attached hydrogens (tertiary/aromatic N) is 3. The summed E-state index contributed by atoms with van der Waals surface area (Å²) in [6.07, 6.45) is 3.64. The molecule has 2 aromatic heterocycles. The van der Waals surface area contributed by atoms with Crippen LogP contribution in [-0.2, 0) is 0 Å². The van der Waals surface area contributed by atoms with Gasteiger partial charge in [-0.1, -0.05) is 24.0 Å². The maximum absolute atomic E-state index is 14.2. The van der Waals surface area contributed by atoms with E-state index in [4.69, 9.17) is 17.0 Å². The first-order valence-electron chi connectivity index (χ1n) is 10.1. The van der Waals surface area contributed by atoms with Gasteiger partial charge < -0.3 is 5.32 Å². The fourth-order valence-electron chi connectivity index (χ4n) is 3.30. The summed E-state index contributed by atoms with van der Waals surface area (Å²) in [5, 5.41) is 12.0. The molecule has 0 amide bonds. The molecule has 32 heavy (non-hydrogen) atoms. The number of benzene rings is 1. The van der Waals surface area contributed by atoms with E-state index in [9.17, 15) is 4.39 Å². The van der Waals surface area contributed by atoms with Crippen molar-refractivity contribution in [3.63, 3.8) is 0 Å². The molecule has 0 bridgehead atoms. The Hall–Kier alpha value is -2.79. The highest BCUT2D eigenvalue weighted by Gasteiger charge is 2.16. The van der Waals surface area contributed by atoms with Gasteiger partial charge in [-0.15, -0.1) is 9.24 Å². The van der Waals surface area contributed by atoms with E-state index in [0.29, 0.717) is 33.2 Å². The van der Waals surface area contributed by atoms with Gasteiger partial charge in [-0.2, -0.15) is 0 Å². The number of hydrogen-bond acceptors (Lipinski definition) is 5. The van der Waals surface area contributed by atoms with Crippen LogP contribution in [0.4, 0.5) is 4.39 Å². The van der Waals surface area contributed by atoms with Crippen LogP contribution >= 0.6 is 20.8 Å². The molecular formula is C24H22ClFN5P. The van der Waals surface area contributed by atoms with Gasteiger partial charge in [-0.05, 0) is 36.4 Å². The number of fused-ring (bicyclic) bond motifs is 1. The summed E-state index contributed by atoms with van der Waals surface area (Å²) < 4.78 is 14.2. The normalized spacial score (nSPS) is 14.7. The van der Waals surface area contributed by atoms with Crippen molar-refractivity contribution in [1.29, 1.82) is 5.41 Å². The monoisotopic (exact) mass is 465 g/mol. The summed E-state index contributed by atoms with van der Waals surface area (Å²) in [6, 6.07) is 9.57. The maximum atomic E-state index is 14.2. The molecule has 1 saturated heterocycles. The molecule has 5 nitrogen and oxygen atoms in total. The van der Waals surface area contributed by atoms with Crippen LogP contribution in [0, 0.1) is 17.1 Å². The topological polar surface area (TPSA) is 74.0 Å². The van der Waals surface area contributed by atoms with Crippen LogP contribution < -0.4 is 5.32 Å². The minimum Gasteiger partial charge on any atom is -0.316 e. The van der Waals surface area contributed by atoms with E-state index in [1.807, 2.05) is 24.2 Å². The van der Waals surface area contributed by atoms with E-state index in [0.717, 1.165) is 30.8 Å². The van der Waals surface area contributed by atoms with Crippen LogP contribution in [0.25, 0.3) is 22.2 Å². The lowest BCUT2D eigenvalue weighted by Gasteiger charge is -2.24. The van der Waals surface area contributed by atoms with Gasteiger partial charge in [0.05, 0.1) is 22.4 Å². The highest BCUT2D eigenvalue weighted by Crippen LogP contribution is 2.24. The molecule has 1 aromatic carbocycles. The first-order valence-corrected chi connectivity index (χ1v) is 11.1. The van der Waals surface area contributed by atoms with Crippen LogP contribution in [-0.4, -0.2) is 41.5 Å². The second kappa shape index (κ2) is 9.78. The molecule has 4 rings (SSSR count). The van der Waals surface area contributed by atoms with E-state index in [1.54, 1.807) is 12.3 Å². The second-order valence-corrected chi connectivity index (χ2v) is 8.35. The fourth-order valence-corrected chi connectivity index (χ4v) is 3.75. The van der Waals surface area contributed by atoms with E-state index >= 15 is 0 Å². The number of hydrogen-bond donors (Lipinski definition) is 2. The lowest BCUT2D eigenvalue weighted by molar-refractivity contribution is 0.358. The lowest BCUT2D eigenvalue weighted by Crippen LogP contribution is -2.43. The van der Waals surface area contributed by atoms with Gasteiger partial charge in [0.1, 0.15) is 5.82 Å². The number of pyridine rings is 2. The first kappa shape index (κ1) is 22.4. The third-order valence-electron chi connectivity index (χ3n) is 5.32. The van der Waals surface area contributed by atoms with E-state index in [1.165, 1.54) is 18.2 Å². The summed E-state index contributed by atoms with van der Waals surface area (Å²) >= 11 is 5.98. The Labute approximate surface area is 193 Å². The maximum Gasteiger partial charge on any atom is 0.132 e. The minimum atomic E-state index is -0.530. The van der Waals surface area contributed by atoms with Gasteiger partial charge in [-0.25, -0.2) is 9.37 Å². The Kier molecular flexibility index (Phi) is 6.85. The van der Waals surface area contributed by atoms with Crippen molar-refractivity contribution in [2.45, 2.75) is 0 Å². The van der Waals surface area contributed by atoms with E-state index < -0.39 is 5.82 Å². The molecule has 2 N–H and O–H groups in total. The molecule has 1 unspecified atom stereocenters. The average molecular weight is 466 g/mol. The third kappa shape index (κ3) is 4.83. The van der Waals surface area contributed by atoms with Gasteiger partial charge >= 0.3 is 0 Å². The van der Waals surface area contributed by atoms with E-state index in [-0.39, 0.29) is 11.3 Å². The molecule has 3 heterocycles. The molecule has 162 valence electrons. The SMILES string of the molecule is C=C(C(=N)c1cc(Cl)ccc1F)c1ccc2ncc(/C(C=NCC3CNC3)=C/P)cc2n1. The van der Waals surface area contributed by atoms with Crippen molar-refractivity contribution >= 4 is 54.9 Å². The predicted molar refractivity (Wildman–Crippen MR) is 134 cm³/mol. The van der Waals surface area contributed by atoms with Crippen molar-refractivity contribution in [3.05, 3.63) is 82.7 Å². The van der Waals surface area contributed by atoms with Crippen LogP contribution in [0.1, 0.15) is 16.8 Å². The summed E-state index contributed by atoms with van der Waals surface area (Å²) in [5.74, 6) is 1.98. The number of nitrogens with one attached hydrogen (secondary N) is 2. The molecule has 1 aliphatic heterocycles. The minimum absolute atomic E-state index is 0.0656. The molecule has 0 aliphatic carbocycles. The number of rotatable bonds is 7. The molecule has 1 aliphatic rings. The van der Waals surface area contributed by atoms with Crippen molar-refractivity contribution in [1.82, 2.24) is 15.3 Å². The smallest absolute Gasteiger partial charge is 0.132 e. The van der Waals surface area contributed by atoms with Gasteiger partial charge in [-0.3, -0.25) is 15.4 Å². The zero-order valence-electron chi connectivity index (χ0n) is 17.3. The zero-order valence-corrected chi connectivity index (χ0v) is 19.2. The Balaban J connectivity index is 1.60. The zero-order chi connectivity index (χ0) is 22.7. The molecule has 3 aromatic rings. The molecule has 1 fully saturated rings. The summed E-state index contributed by atoms with van der Waals surface area (Å²) in [5.41, 5.74) is 3.98. The van der Waals surface area contributed by atoms with Gasteiger partial charge in [0, 0.05) is 65.3 Å². The predicted octanol–water partition coefficient (Wildman–Crippen LogP) is 5.01. The van der Waals surface area contributed by atoms with Gasteiger partial charge in [0.15, 0.2) is 0 Å². The Morgan fingerprint density at radius 2 is 2.09 bits per heavy atom. The summed E-state index contributed by atoms with van der Waals surface area (Å²) in [7, 11) is 2.60. The van der Waals surface area contributed by atoms with Crippen LogP contribution in [0.15, 0.2) is 60.0 Å². The van der Waals surface area contributed by atoms with Gasteiger partial charge in [0.2, 0.25) is 0 Å². The highest BCUT2D eigenvalue weighted by molar-refractivity contribution is 7.21. The molecule has 8 heteroatoms. The van der Waals surface area contributed by atoms with Crippen molar-refractivity contribution in [2.24, 2.45) is 10.9 Å². The van der Waals surface area contributed by atoms with Crippen LogP contribution in [0.2, 0.25) is 5.02 Å². The van der Waals surface area contributed by atoms with Crippen molar-refractivity contribution in [2.75, 3.05) is 19.6 Å². The molecule has 0 radical (unpaired) electrons. The molecule has 0 spiro atoms. The number of aromatic nitrogens is 2. The first-order chi connectivity index (χ1) is 15.5. The summed E-state index contributed by atoms with van der Waals surface area (Å²) in [6.45, 7) is 6.78. The molecule has 1 atom stereocenters. The molecule has 0 saturated carbocycles. The Bertz CT molecular complexity index is 1270. The molecular weight excluding hydrogens is 444 g/mol. The number of aliphatic imine (C=N–C) groups is 1. The van der Waals surface area contributed by atoms with Gasteiger partial charge in [0.25, 0.3) is 0 Å². The van der Waals surface area contributed by atoms with Crippen molar-refractivity contribution in [3.8, 4) is 0 Å². The lowest BCUT2D eigenvalue weighted by atomic mass is 10.00. The Morgan fingerprint density at radius 1 is 1.28 bits per heavy atom. The largest absolute Gasteiger partial charge is 0.316 e. The standard InChI is InChI=1S/C24H22ClFN5P/c1-14(24(27)19-7-18(25)2-3-20(19)26)21-4-5-22-23(31-21)6-16(12-30-22)17(13-32)11-29-10-15-8-28-9-15/h2-7,11-13,15,27-28H,1,8-10,32H2/b17-13+,27-24?,29-11?. The third-order valence-corrected chi connectivity index (χ3v) is 5.91. The highest BCUT2D eigenvalue weighted by atomic mass is 35.5. The number of halogens is 2. The van der Waals surface area contributed by atoms with E-state index in [2.05, 4.69) is 36.1 Å². The second-order valence-electron chi connectivity index (χ2n) is 7.58. The Morgan fingerprint density at radius 3 is 2.81 bits per heavy atom. The quantitative estimate of drug-likeness (QED) is 0.380. The van der Waals surface area contributed by atoms with Crippen molar-refractivity contribution < 1.29 is 4.39 Å².